The average Bonchev–Trinajstić information content (AvgIpc) is 2.97. The quantitative estimate of drug-likeness (QED) is 0.595. The molecule has 0 aliphatic carbocycles. The first kappa shape index (κ1) is 13.4. The lowest BCUT2D eigenvalue weighted by molar-refractivity contribution is 0.684. The molecule has 1 saturated heterocycles. The third-order valence-corrected chi connectivity index (χ3v) is 4.88. The first-order valence-corrected chi connectivity index (χ1v) is 8.15. The van der Waals surface area contributed by atoms with Gasteiger partial charge in [0.15, 0.2) is 0 Å². The van der Waals surface area contributed by atoms with Crippen molar-refractivity contribution in [3.8, 4) is 0 Å². The van der Waals surface area contributed by atoms with E-state index < -0.39 is 0 Å². The molecule has 0 unspecified atom stereocenters. The molecule has 0 saturated carbocycles. The van der Waals surface area contributed by atoms with Crippen molar-refractivity contribution in [2.24, 2.45) is 0 Å². The van der Waals surface area contributed by atoms with Gasteiger partial charge in [0.1, 0.15) is 0 Å². The lowest BCUT2D eigenvalue weighted by Crippen LogP contribution is -2.29. The predicted octanol–water partition coefficient (Wildman–Crippen LogP) is 5.57. The van der Waals surface area contributed by atoms with Crippen LogP contribution >= 0.6 is 0 Å². The molecular weight excluding hydrogens is 266 g/mol. The summed E-state index contributed by atoms with van der Waals surface area (Å²) in [6.07, 6.45) is 2.49. The van der Waals surface area contributed by atoms with Gasteiger partial charge in [-0.15, -0.1) is 0 Å². The smallest absolute Gasteiger partial charge is 0.0546 e. The van der Waals surface area contributed by atoms with Gasteiger partial charge in [-0.05, 0) is 54.3 Å². The molecule has 3 aromatic carbocycles. The summed E-state index contributed by atoms with van der Waals surface area (Å²) < 4.78 is 0. The minimum Gasteiger partial charge on any atom is -0.362 e. The van der Waals surface area contributed by atoms with Gasteiger partial charge in [0.2, 0.25) is 0 Å². The maximum absolute atomic E-state index is 2.59. The Bertz CT molecular complexity index is 778. The highest BCUT2D eigenvalue weighted by molar-refractivity contribution is 5.83. The third kappa shape index (κ3) is 2.27. The van der Waals surface area contributed by atoms with Gasteiger partial charge in [-0.25, -0.2) is 0 Å². The largest absolute Gasteiger partial charge is 0.362 e. The van der Waals surface area contributed by atoms with Crippen molar-refractivity contribution < 1.29 is 0 Å². The summed E-state index contributed by atoms with van der Waals surface area (Å²) in [5, 5.41) is 2.66. The lowest BCUT2D eigenvalue weighted by atomic mass is 10.00. The summed E-state index contributed by atoms with van der Waals surface area (Å²) in [6.45, 7) is 2.34. The van der Waals surface area contributed by atoms with E-state index in [1.165, 1.54) is 34.9 Å². The summed E-state index contributed by atoms with van der Waals surface area (Å²) in [6, 6.07) is 27.5. The Morgan fingerprint density at radius 3 is 2.32 bits per heavy atom. The van der Waals surface area contributed by atoms with E-state index in [0.717, 1.165) is 0 Å². The van der Waals surface area contributed by atoms with Crippen molar-refractivity contribution in [2.45, 2.75) is 31.8 Å². The van der Waals surface area contributed by atoms with Crippen molar-refractivity contribution in [2.75, 3.05) is 4.90 Å². The highest BCUT2D eigenvalue weighted by Gasteiger charge is 2.31. The first-order chi connectivity index (χ1) is 10.8. The van der Waals surface area contributed by atoms with Crippen LogP contribution in [0.5, 0.6) is 0 Å². The summed E-state index contributed by atoms with van der Waals surface area (Å²) in [4.78, 5) is 2.59. The standard InChI is InChI=1S/C21H21N/c1-16-11-14-21(22(16)20-9-3-2-4-10-20)19-13-12-17-7-5-6-8-18(17)15-19/h2-10,12-13,15-16,21H,11,14H2,1H3/t16-,21+/m0/s1. The Balaban J connectivity index is 1.76. The highest BCUT2D eigenvalue weighted by Crippen LogP contribution is 2.40. The highest BCUT2D eigenvalue weighted by atomic mass is 15.2. The molecule has 0 aromatic heterocycles. The molecule has 1 aliphatic heterocycles. The van der Waals surface area contributed by atoms with Crippen LogP contribution in [-0.2, 0) is 0 Å². The van der Waals surface area contributed by atoms with Crippen molar-refractivity contribution in [3.05, 3.63) is 78.4 Å². The van der Waals surface area contributed by atoms with Crippen LogP contribution in [0.3, 0.4) is 0 Å². The molecular formula is C21H21N. The summed E-state index contributed by atoms with van der Waals surface area (Å²) >= 11 is 0. The van der Waals surface area contributed by atoms with Crippen molar-refractivity contribution >= 4 is 16.5 Å². The van der Waals surface area contributed by atoms with E-state index >= 15 is 0 Å². The number of hydrogen-bond donors (Lipinski definition) is 0. The van der Waals surface area contributed by atoms with E-state index in [-0.39, 0.29) is 0 Å². The molecule has 110 valence electrons. The van der Waals surface area contributed by atoms with Crippen LogP contribution in [-0.4, -0.2) is 6.04 Å². The molecule has 0 radical (unpaired) electrons. The second-order valence-electron chi connectivity index (χ2n) is 6.29. The number of nitrogens with zero attached hydrogens (tertiary/aromatic N) is 1. The fourth-order valence-electron chi connectivity index (χ4n) is 3.76. The van der Waals surface area contributed by atoms with Crippen LogP contribution in [0.4, 0.5) is 5.69 Å². The number of para-hydroxylation sites is 1. The van der Waals surface area contributed by atoms with E-state index in [4.69, 9.17) is 0 Å². The van der Waals surface area contributed by atoms with E-state index in [9.17, 15) is 0 Å². The summed E-state index contributed by atoms with van der Waals surface area (Å²) in [5.74, 6) is 0. The zero-order valence-electron chi connectivity index (χ0n) is 12.9. The van der Waals surface area contributed by atoms with Crippen LogP contribution in [0, 0.1) is 0 Å². The second-order valence-corrected chi connectivity index (χ2v) is 6.29. The number of rotatable bonds is 2. The fraction of sp³-hybridized carbons (Fsp3) is 0.238. The van der Waals surface area contributed by atoms with Crippen molar-refractivity contribution in [1.82, 2.24) is 0 Å². The zero-order chi connectivity index (χ0) is 14.9. The van der Waals surface area contributed by atoms with Gasteiger partial charge >= 0.3 is 0 Å². The molecule has 1 heterocycles. The van der Waals surface area contributed by atoms with Gasteiger partial charge in [0.25, 0.3) is 0 Å². The van der Waals surface area contributed by atoms with Crippen LogP contribution in [0.15, 0.2) is 72.8 Å². The molecule has 3 aromatic rings. The van der Waals surface area contributed by atoms with E-state index in [1.54, 1.807) is 0 Å². The van der Waals surface area contributed by atoms with E-state index in [2.05, 4.69) is 84.6 Å². The fourth-order valence-corrected chi connectivity index (χ4v) is 3.76. The van der Waals surface area contributed by atoms with Gasteiger partial charge in [-0.2, -0.15) is 0 Å². The maximum atomic E-state index is 2.59. The number of benzene rings is 3. The monoisotopic (exact) mass is 287 g/mol. The summed E-state index contributed by atoms with van der Waals surface area (Å²) in [5.41, 5.74) is 2.78. The molecule has 1 aliphatic rings. The topological polar surface area (TPSA) is 3.24 Å². The maximum Gasteiger partial charge on any atom is 0.0546 e. The van der Waals surface area contributed by atoms with Crippen molar-refractivity contribution in [1.29, 1.82) is 0 Å². The minimum atomic E-state index is 0.488. The van der Waals surface area contributed by atoms with Crippen LogP contribution in [0.1, 0.15) is 31.4 Å². The summed E-state index contributed by atoms with van der Waals surface area (Å²) in [7, 11) is 0. The van der Waals surface area contributed by atoms with Crippen LogP contribution in [0.25, 0.3) is 10.8 Å². The number of fused-ring (bicyclic) bond motifs is 1. The number of hydrogen-bond acceptors (Lipinski definition) is 1. The molecule has 0 amide bonds. The Morgan fingerprint density at radius 2 is 1.50 bits per heavy atom. The van der Waals surface area contributed by atoms with E-state index in [0.29, 0.717) is 12.1 Å². The number of anilines is 1. The normalized spacial score (nSPS) is 21.4. The molecule has 0 spiro atoms. The van der Waals surface area contributed by atoms with Gasteiger partial charge in [0, 0.05) is 11.7 Å². The van der Waals surface area contributed by atoms with Crippen LogP contribution in [0.2, 0.25) is 0 Å². The van der Waals surface area contributed by atoms with Gasteiger partial charge < -0.3 is 4.90 Å². The van der Waals surface area contributed by atoms with Gasteiger partial charge in [-0.3, -0.25) is 0 Å². The molecule has 4 rings (SSSR count). The van der Waals surface area contributed by atoms with E-state index in [1.807, 2.05) is 0 Å². The molecule has 2 atom stereocenters. The Labute approximate surface area is 132 Å². The van der Waals surface area contributed by atoms with Gasteiger partial charge in [0.05, 0.1) is 6.04 Å². The molecule has 1 nitrogen and oxygen atoms in total. The molecule has 1 heteroatoms. The first-order valence-electron chi connectivity index (χ1n) is 8.15. The Morgan fingerprint density at radius 1 is 0.773 bits per heavy atom. The average molecular weight is 287 g/mol. The minimum absolute atomic E-state index is 0.488. The predicted molar refractivity (Wildman–Crippen MR) is 94.3 cm³/mol. The lowest BCUT2D eigenvalue weighted by Gasteiger charge is -2.31. The molecule has 0 bridgehead atoms. The van der Waals surface area contributed by atoms with Crippen LogP contribution < -0.4 is 4.90 Å². The van der Waals surface area contributed by atoms with Gasteiger partial charge in [-0.1, -0.05) is 54.6 Å². The molecule has 0 N–H and O–H groups in total. The molecule has 22 heavy (non-hydrogen) atoms. The van der Waals surface area contributed by atoms with Crippen molar-refractivity contribution in [3.63, 3.8) is 0 Å². The second kappa shape index (κ2) is 5.49. The zero-order valence-corrected chi connectivity index (χ0v) is 12.9. The molecule has 1 fully saturated rings. The SMILES string of the molecule is C[C@H]1CC[C@H](c2ccc3ccccc3c2)N1c1ccccc1. The third-order valence-electron chi connectivity index (χ3n) is 4.88. The Kier molecular flexibility index (Phi) is 3.34. The Hall–Kier alpha value is -2.28.